The molecular formula is C5H13FeNO. The largest absolute Gasteiger partial charge is 0.392 e. The van der Waals surface area contributed by atoms with Crippen LogP contribution in [-0.2, 0) is 17.1 Å². The van der Waals surface area contributed by atoms with E-state index in [2.05, 4.69) is 0 Å². The molecule has 0 fully saturated rings. The van der Waals surface area contributed by atoms with Gasteiger partial charge in [-0.2, -0.15) is 0 Å². The molecule has 0 aliphatic heterocycles. The summed E-state index contributed by atoms with van der Waals surface area (Å²) in [6, 6.07) is 0. The predicted molar refractivity (Wildman–Crippen MR) is 30.2 cm³/mol. The first-order chi connectivity index (χ1) is 3.13. The van der Waals surface area contributed by atoms with Gasteiger partial charge in [-0.25, -0.2) is 0 Å². The van der Waals surface area contributed by atoms with Gasteiger partial charge in [0.1, 0.15) is 0 Å². The van der Waals surface area contributed by atoms with E-state index in [1.54, 1.807) is 6.92 Å². The van der Waals surface area contributed by atoms with Crippen molar-refractivity contribution in [2.24, 2.45) is 0 Å². The molecule has 1 N–H and O–H groups in total. The van der Waals surface area contributed by atoms with E-state index in [1.165, 1.54) is 0 Å². The van der Waals surface area contributed by atoms with Crippen molar-refractivity contribution in [1.82, 2.24) is 4.90 Å². The van der Waals surface area contributed by atoms with Crippen molar-refractivity contribution >= 4 is 0 Å². The Morgan fingerprint density at radius 2 is 1.88 bits per heavy atom. The van der Waals surface area contributed by atoms with Crippen LogP contribution >= 0.6 is 0 Å². The van der Waals surface area contributed by atoms with E-state index < -0.39 is 0 Å². The SMILES string of the molecule is CC(O)CN(C)C.[Fe]. The summed E-state index contributed by atoms with van der Waals surface area (Å²) in [5.74, 6) is 0. The van der Waals surface area contributed by atoms with Crippen LogP contribution in [-0.4, -0.2) is 36.8 Å². The molecular weight excluding hydrogens is 146 g/mol. The summed E-state index contributed by atoms with van der Waals surface area (Å²) in [5.41, 5.74) is 0. The van der Waals surface area contributed by atoms with Gasteiger partial charge in [-0.05, 0) is 21.0 Å². The van der Waals surface area contributed by atoms with Crippen LogP contribution in [0.2, 0.25) is 0 Å². The summed E-state index contributed by atoms with van der Waals surface area (Å²) in [6.45, 7) is 2.53. The quantitative estimate of drug-likeness (QED) is 0.570. The van der Waals surface area contributed by atoms with Crippen LogP contribution in [0.4, 0.5) is 0 Å². The summed E-state index contributed by atoms with van der Waals surface area (Å²) < 4.78 is 0. The van der Waals surface area contributed by atoms with Crippen molar-refractivity contribution in [2.45, 2.75) is 13.0 Å². The fourth-order valence-corrected chi connectivity index (χ4v) is 0.528. The Morgan fingerprint density at radius 3 is 1.88 bits per heavy atom. The minimum Gasteiger partial charge on any atom is -0.392 e. The Kier molecular flexibility index (Phi) is 7.85. The molecule has 0 aliphatic carbocycles. The molecule has 1 unspecified atom stereocenters. The molecule has 0 rings (SSSR count). The van der Waals surface area contributed by atoms with Crippen molar-refractivity contribution in [2.75, 3.05) is 20.6 Å². The van der Waals surface area contributed by atoms with Crippen LogP contribution in [0.3, 0.4) is 0 Å². The molecule has 0 spiro atoms. The van der Waals surface area contributed by atoms with Gasteiger partial charge < -0.3 is 10.0 Å². The van der Waals surface area contributed by atoms with Gasteiger partial charge in [0.25, 0.3) is 0 Å². The summed E-state index contributed by atoms with van der Waals surface area (Å²) in [6.07, 6.45) is -0.199. The number of hydrogen-bond donors (Lipinski definition) is 1. The fourth-order valence-electron chi connectivity index (χ4n) is 0.528. The molecule has 0 aliphatic rings. The van der Waals surface area contributed by atoms with Crippen molar-refractivity contribution in [3.05, 3.63) is 0 Å². The van der Waals surface area contributed by atoms with Gasteiger partial charge in [0, 0.05) is 23.6 Å². The second kappa shape index (κ2) is 5.57. The van der Waals surface area contributed by atoms with E-state index >= 15 is 0 Å². The van der Waals surface area contributed by atoms with Crippen LogP contribution in [0.1, 0.15) is 6.92 Å². The van der Waals surface area contributed by atoms with Crippen LogP contribution in [0.5, 0.6) is 0 Å². The molecule has 0 amide bonds. The van der Waals surface area contributed by atoms with E-state index in [9.17, 15) is 0 Å². The zero-order valence-electron chi connectivity index (χ0n) is 5.53. The van der Waals surface area contributed by atoms with Crippen molar-refractivity contribution in [3.63, 3.8) is 0 Å². The third kappa shape index (κ3) is 9.67. The maximum atomic E-state index is 8.68. The topological polar surface area (TPSA) is 23.5 Å². The Bertz CT molecular complexity index is 41.7. The minimum absolute atomic E-state index is 0. The zero-order valence-corrected chi connectivity index (χ0v) is 6.64. The van der Waals surface area contributed by atoms with Crippen molar-refractivity contribution < 1.29 is 22.2 Å². The molecule has 0 saturated heterocycles. The first kappa shape index (κ1) is 11.3. The molecule has 52 valence electrons. The molecule has 8 heavy (non-hydrogen) atoms. The van der Waals surface area contributed by atoms with Gasteiger partial charge in [-0.1, -0.05) is 0 Å². The Morgan fingerprint density at radius 1 is 1.50 bits per heavy atom. The number of hydrogen-bond acceptors (Lipinski definition) is 2. The van der Waals surface area contributed by atoms with Gasteiger partial charge in [0.05, 0.1) is 6.10 Å². The fraction of sp³-hybridized carbons (Fsp3) is 1.00. The molecule has 3 heteroatoms. The average Bonchev–Trinajstić information content (AvgIpc) is 1.27. The van der Waals surface area contributed by atoms with Crippen molar-refractivity contribution in [1.29, 1.82) is 0 Å². The van der Waals surface area contributed by atoms with Crippen LogP contribution in [0.15, 0.2) is 0 Å². The van der Waals surface area contributed by atoms with Gasteiger partial charge in [-0.15, -0.1) is 0 Å². The van der Waals surface area contributed by atoms with Crippen LogP contribution in [0.25, 0.3) is 0 Å². The second-order valence-electron chi connectivity index (χ2n) is 2.11. The summed E-state index contributed by atoms with van der Waals surface area (Å²) in [7, 11) is 3.87. The molecule has 0 aromatic heterocycles. The third-order valence-electron chi connectivity index (χ3n) is 0.629. The number of nitrogens with zero attached hydrogens (tertiary/aromatic N) is 1. The molecule has 0 saturated carbocycles. The second-order valence-corrected chi connectivity index (χ2v) is 2.11. The van der Waals surface area contributed by atoms with E-state index in [4.69, 9.17) is 5.11 Å². The molecule has 0 aromatic rings. The zero-order chi connectivity index (χ0) is 5.86. The van der Waals surface area contributed by atoms with E-state index in [0.717, 1.165) is 6.54 Å². The van der Waals surface area contributed by atoms with Crippen LogP contribution < -0.4 is 0 Å². The molecule has 2 nitrogen and oxygen atoms in total. The first-order valence-electron chi connectivity index (χ1n) is 2.45. The molecule has 0 heterocycles. The van der Waals surface area contributed by atoms with Gasteiger partial charge >= 0.3 is 0 Å². The minimum atomic E-state index is -0.199. The summed E-state index contributed by atoms with van der Waals surface area (Å²) in [4.78, 5) is 1.95. The normalized spacial score (nSPS) is 13.1. The number of rotatable bonds is 2. The standard InChI is InChI=1S/C5H13NO.Fe/c1-5(7)4-6(2)3;/h5,7H,4H2,1-3H3;. The number of likely N-dealkylation sites (N-methyl/N-ethyl adjacent to an activating group) is 1. The number of aliphatic hydroxyl groups excluding tert-OH is 1. The third-order valence-corrected chi connectivity index (χ3v) is 0.629. The monoisotopic (exact) mass is 159 g/mol. The predicted octanol–water partition coefficient (Wildman–Crippen LogP) is -0.0737. The summed E-state index contributed by atoms with van der Waals surface area (Å²) >= 11 is 0. The maximum absolute atomic E-state index is 8.68. The first-order valence-corrected chi connectivity index (χ1v) is 2.45. The van der Waals surface area contributed by atoms with Crippen LogP contribution in [0, 0.1) is 0 Å². The molecule has 0 bridgehead atoms. The van der Waals surface area contributed by atoms with Gasteiger partial charge in [-0.3, -0.25) is 0 Å². The molecule has 1 atom stereocenters. The Labute approximate surface area is 61.3 Å². The van der Waals surface area contributed by atoms with Gasteiger partial charge in [0.2, 0.25) is 0 Å². The van der Waals surface area contributed by atoms with E-state index in [-0.39, 0.29) is 23.2 Å². The Balaban J connectivity index is 0. The number of aliphatic hydroxyl groups is 1. The summed E-state index contributed by atoms with van der Waals surface area (Å²) in [5, 5.41) is 8.68. The van der Waals surface area contributed by atoms with Crippen molar-refractivity contribution in [3.8, 4) is 0 Å². The smallest absolute Gasteiger partial charge is 0.0638 e. The maximum Gasteiger partial charge on any atom is 0.0638 e. The van der Waals surface area contributed by atoms with E-state index in [1.807, 2.05) is 19.0 Å². The Hall–Kier alpha value is 0.439. The average molecular weight is 159 g/mol. The molecule has 0 aromatic carbocycles. The van der Waals surface area contributed by atoms with Gasteiger partial charge in [0.15, 0.2) is 0 Å². The van der Waals surface area contributed by atoms with E-state index in [0.29, 0.717) is 0 Å². The molecule has 0 radical (unpaired) electrons.